The minimum absolute atomic E-state index is 0.0599. The highest BCUT2D eigenvalue weighted by Gasteiger charge is 2.44. The van der Waals surface area contributed by atoms with E-state index >= 15 is 0 Å². The van der Waals surface area contributed by atoms with Crippen molar-refractivity contribution in [3.05, 3.63) is 29.3 Å². The molecule has 1 aromatic carbocycles. The first kappa shape index (κ1) is 19.0. The highest BCUT2D eigenvalue weighted by Crippen LogP contribution is 2.39. The van der Waals surface area contributed by atoms with E-state index in [9.17, 15) is 23.1 Å². The zero-order valence-electron chi connectivity index (χ0n) is 15.0. The Labute approximate surface area is 150 Å². The zero-order valence-corrected chi connectivity index (χ0v) is 15.0. The molecule has 1 aliphatic carbocycles. The number of rotatable bonds is 3. The molecule has 2 fully saturated rings. The van der Waals surface area contributed by atoms with E-state index in [0.717, 1.165) is 6.07 Å². The van der Waals surface area contributed by atoms with Crippen molar-refractivity contribution < 1.29 is 27.8 Å². The van der Waals surface area contributed by atoms with Crippen LogP contribution < -0.4 is 4.74 Å². The van der Waals surface area contributed by atoms with Crippen LogP contribution in [0.25, 0.3) is 0 Å². The number of carbonyl (C=O) groups excluding carboxylic acids is 1. The van der Waals surface area contributed by atoms with Crippen molar-refractivity contribution in [1.82, 2.24) is 4.90 Å². The zero-order chi connectivity index (χ0) is 19.1. The molecule has 26 heavy (non-hydrogen) atoms. The first-order valence-corrected chi connectivity index (χ1v) is 8.91. The van der Waals surface area contributed by atoms with Crippen LogP contribution in [0.15, 0.2) is 18.2 Å². The summed E-state index contributed by atoms with van der Waals surface area (Å²) in [4.78, 5) is 14.1. The van der Waals surface area contributed by atoms with E-state index in [1.807, 2.05) is 0 Å². The molecule has 144 valence electrons. The number of ether oxygens (including phenoxy) is 1. The average Bonchev–Trinajstić information content (AvgIpc) is 2.53. The molecule has 4 nitrogen and oxygen atoms in total. The van der Waals surface area contributed by atoms with Crippen molar-refractivity contribution in [2.24, 2.45) is 5.92 Å². The van der Waals surface area contributed by atoms with E-state index in [1.165, 1.54) is 13.0 Å². The minimum Gasteiger partial charge on any atom is -0.490 e. The second-order valence-corrected chi connectivity index (χ2v) is 7.72. The molecular formula is C19H24F3NO3. The maximum absolute atomic E-state index is 13.0. The lowest BCUT2D eigenvalue weighted by Gasteiger charge is -2.43. The smallest absolute Gasteiger partial charge is 0.416 e. The summed E-state index contributed by atoms with van der Waals surface area (Å²) in [6, 6.07) is 4.02. The van der Waals surface area contributed by atoms with Gasteiger partial charge in [-0.25, -0.2) is 0 Å². The third-order valence-electron chi connectivity index (χ3n) is 5.29. The van der Waals surface area contributed by atoms with Crippen molar-refractivity contribution in [3.8, 4) is 5.75 Å². The van der Waals surface area contributed by atoms with Crippen LogP contribution in [-0.2, 0) is 11.0 Å². The Morgan fingerprint density at radius 3 is 2.42 bits per heavy atom. The Bertz CT molecular complexity index is 671. The normalized spacial score (nSPS) is 27.2. The van der Waals surface area contributed by atoms with Crippen molar-refractivity contribution in [2.75, 3.05) is 13.1 Å². The van der Waals surface area contributed by atoms with E-state index in [2.05, 4.69) is 0 Å². The van der Waals surface area contributed by atoms with Gasteiger partial charge in [0.1, 0.15) is 11.9 Å². The number of amides is 1. The first-order valence-electron chi connectivity index (χ1n) is 8.91. The van der Waals surface area contributed by atoms with Gasteiger partial charge in [0.15, 0.2) is 0 Å². The molecule has 3 rings (SSSR count). The van der Waals surface area contributed by atoms with Gasteiger partial charge in [0.05, 0.1) is 11.2 Å². The van der Waals surface area contributed by atoms with Crippen molar-refractivity contribution in [3.63, 3.8) is 0 Å². The number of benzene rings is 1. The molecule has 1 heterocycles. The van der Waals surface area contributed by atoms with E-state index in [1.54, 1.807) is 17.9 Å². The summed E-state index contributed by atoms with van der Waals surface area (Å²) in [7, 11) is 0. The molecular weight excluding hydrogens is 347 g/mol. The van der Waals surface area contributed by atoms with E-state index in [4.69, 9.17) is 4.74 Å². The fourth-order valence-corrected chi connectivity index (χ4v) is 3.80. The monoisotopic (exact) mass is 371 g/mol. The van der Waals surface area contributed by atoms with Crippen molar-refractivity contribution in [2.45, 2.75) is 57.4 Å². The number of likely N-dealkylation sites (tertiary alicyclic amines) is 1. The number of aryl methyl sites for hydroxylation is 1. The van der Waals surface area contributed by atoms with Crippen LogP contribution in [-0.4, -0.2) is 40.7 Å². The Hall–Kier alpha value is -1.76. The van der Waals surface area contributed by atoms with Crippen LogP contribution in [0, 0.1) is 12.8 Å². The summed E-state index contributed by atoms with van der Waals surface area (Å²) in [6.45, 7) is 4.21. The Morgan fingerprint density at radius 2 is 1.88 bits per heavy atom. The van der Waals surface area contributed by atoms with Gasteiger partial charge in [-0.15, -0.1) is 0 Å². The summed E-state index contributed by atoms with van der Waals surface area (Å²) >= 11 is 0. The number of aliphatic hydroxyl groups is 1. The van der Waals surface area contributed by atoms with Gasteiger partial charge >= 0.3 is 6.18 Å². The van der Waals surface area contributed by atoms with E-state index < -0.39 is 17.3 Å². The van der Waals surface area contributed by atoms with Gasteiger partial charge in [-0.3, -0.25) is 4.79 Å². The second kappa shape index (κ2) is 6.76. The molecule has 1 amide bonds. The molecule has 1 aliphatic heterocycles. The van der Waals surface area contributed by atoms with Crippen molar-refractivity contribution >= 4 is 5.91 Å². The summed E-state index contributed by atoms with van der Waals surface area (Å²) in [6.07, 6.45) is -2.44. The van der Waals surface area contributed by atoms with Crippen LogP contribution in [0.2, 0.25) is 0 Å². The lowest BCUT2D eigenvalue weighted by Crippen LogP contribution is -2.51. The molecule has 1 N–H and O–H groups in total. The summed E-state index contributed by atoms with van der Waals surface area (Å²) in [5.74, 6) is 0.154. The van der Waals surface area contributed by atoms with E-state index in [-0.39, 0.29) is 29.2 Å². The van der Waals surface area contributed by atoms with Crippen molar-refractivity contribution in [1.29, 1.82) is 0 Å². The van der Waals surface area contributed by atoms with Crippen LogP contribution in [0.5, 0.6) is 5.75 Å². The van der Waals surface area contributed by atoms with Gasteiger partial charge in [0, 0.05) is 31.8 Å². The number of alkyl halides is 3. The van der Waals surface area contributed by atoms with Gasteiger partial charge in [0.2, 0.25) is 5.91 Å². The van der Waals surface area contributed by atoms with Crippen LogP contribution in [0.3, 0.4) is 0 Å². The SMILES string of the molecule is Cc1ccc(OC2CCN(C(=O)[C@H]3C[C@@](C)(O)C3)CC2)cc1C(F)(F)F. The molecule has 0 radical (unpaired) electrons. The lowest BCUT2D eigenvalue weighted by atomic mass is 9.71. The lowest BCUT2D eigenvalue weighted by molar-refractivity contribution is -0.151. The summed E-state index contributed by atoms with van der Waals surface area (Å²) in [5, 5.41) is 9.77. The van der Waals surface area contributed by atoms with Gasteiger partial charge in [-0.05, 0) is 44.4 Å². The van der Waals surface area contributed by atoms with Gasteiger partial charge < -0.3 is 14.7 Å². The molecule has 1 saturated heterocycles. The standard InChI is InChI=1S/C19H24F3NO3/c1-12-3-4-15(9-16(12)19(20,21)22)26-14-5-7-23(8-6-14)17(24)13-10-18(2,25)11-13/h3-4,9,13-14,25H,5-8,10-11H2,1-2H3/t13-,18+. The maximum atomic E-state index is 13.0. The topological polar surface area (TPSA) is 49.8 Å². The quantitative estimate of drug-likeness (QED) is 0.884. The first-order chi connectivity index (χ1) is 12.0. The molecule has 1 saturated carbocycles. The molecule has 0 aromatic heterocycles. The van der Waals surface area contributed by atoms with Crippen LogP contribution in [0.1, 0.15) is 43.7 Å². The van der Waals surface area contributed by atoms with Gasteiger partial charge in [-0.1, -0.05) is 6.07 Å². The Balaban J connectivity index is 1.54. The highest BCUT2D eigenvalue weighted by molar-refractivity contribution is 5.80. The number of nitrogens with zero attached hydrogens (tertiary/aromatic N) is 1. The number of halogens is 3. The highest BCUT2D eigenvalue weighted by atomic mass is 19.4. The predicted molar refractivity (Wildman–Crippen MR) is 89.8 cm³/mol. The van der Waals surface area contributed by atoms with Gasteiger partial charge in [0.25, 0.3) is 0 Å². The largest absolute Gasteiger partial charge is 0.490 e. The third-order valence-corrected chi connectivity index (χ3v) is 5.29. The summed E-state index contributed by atoms with van der Waals surface area (Å²) in [5.41, 5.74) is -1.25. The summed E-state index contributed by atoms with van der Waals surface area (Å²) < 4.78 is 44.7. The number of hydrogen-bond donors (Lipinski definition) is 1. The molecule has 0 atom stereocenters. The fraction of sp³-hybridized carbons (Fsp3) is 0.632. The number of carbonyl (C=O) groups is 1. The second-order valence-electron chi connectivity index (χ2n) is 7.72. The Morgan fingerprint density at radius 1 is 1.27 bits per heavy atom. The fourth-order valence-electron chi connectivity index (χ4n) is 3.80. The van der Waals surface area contributed by atoms with Crippen LogP contribution in [0.4, 0.5) is 13.2 Å². The average molecular weight is 371 g/mol. The number of piperidine rings is 1. The molecule has 0 bridgehead atoms. The number of hydrogen-bond acceptors (Lipinski definition) is 3. The molecule has 1 aromatic rings. The third kappa shape index (κ3) is 4.14. The molecule has 2 aliphatic rings. The van der Waals surface area contributed by atoms with Gasteiger partial charge in [-0.2, -0.15) is 13.2 Å². The minimum atomic E-state index is -4.40. The Kier molecular flexibility index (Phi) is 4.94. The predicted octanol–water partition coefficient (Wildman–Crippen LogP) is 3.54. The maximum Gasteiger partial charge on any atom is 0.416 e. The molecule has 0 spiro atoms. The van der Waals surface area contributed by atoms with Crippen LogP contribution >= 0.6 is 0 Å². The molecule has 7 heteroatoms. The van der Waals surface area contributed by atoms with E-state index in [0.29, 0.717) is 38.8 Å². The molecule has 0 unspecified atom stereocenters.